The number of carbonyl (C=O) groups is 1. The lowest BCUT2D eigenvalue weighted by Gasteiger charge is -2.26. The number of hydrogen-bond donors (Lipinski definition) is 1. The Bertz CT molecular complexity index is 727. The largest absolute Gasteiger partial charge is 0.497 e. The van der Waals surface area contributed by atoms with Gasteiger partial charge in [-0.3, -0.25) is 9.69 Å². The molecular weight excluding hydrogens is 344 g/mol. The number of morpholine rings is 1. The molecule has 0 spiro atoms. The van der Waals surface area contributed by atoms with Gasteiger partial charge in [-0.15, -0.1) is 0 Å². The standard InChI is InChI=1S/C21H26N2O4/c1-25-19-3-2-4-20(13-19)27-16-21(24)22-14-17-5-7-18(8-6-17)15-23-9-11-26-12-10-23/h2-8,13H,9-12,14-16H2,1H3,(H,22,24). The van der Waals surface area contributed by atoms with Gasteiger partial charge >= 0.3 is 0 Å². The zero-order valence-corrected chi connectivity index (χ0v) is 15.6. The third kappa shape index (κ3) is 6.27. The molecule has 2 aromatic carbocycles. The number of ether oxygens (including phenoxy) is 3. The highest BCUT2D eigenvalue weighted by Gasteiger charge is 2.10. The molecule has 1 N–H and O–H groups in total. The summed E-state index contributed by atoms with van der Waals surface area (Å²) in [5, 5.41) is 2.88. The van der Waals surface area contributed by atoms with Crippen LogP contribution in [-0.4, -0.2) is 50.8 Å². The number of nitrogens with one attached hydrogen (secondary N) is 1. The molecule has 0 bridgehead atoms. The zero-order chi connectivity index (χ0) is 18.9. The normalized spacial score (nSPS) is 14.6. The van der Waals surface area contributed by atoms with E-state index < -0.39 is 0 Å². The molecule has 3 rings (SSSR count). The van der Waals surface area contributed by atoms with Crippen LogP contribution in [0.1, 0.15) is 11.1 Å². The van der Waals surface area contributed by atoms with E-state index >= 15 is 0 Å². The van der Waals surface area contributed by atoms with Crippen molar-refractivity contribution >= 4 is 5.91 Å². The second-order valence-electron chi connectivity index (χ2n) is 6.45. The highest BCUT2D eigenvalue weighted by atomic mass is 16.5. The molecule has 2 aromatic rings. The lowest BCUT2D eigenvalue weighted by Crippen LogP contribution is -2.35. The maximum Gasteiger partial charge on any atom is 0.258 e. The van der Waals surface area contributed by atoms with Crippen molar-refractivity contribution in [2.75, 3.05) is 40.0 Å². The molecule has 0 unspecified atom stereocenters. The van der Waals surface area contributed by atoms with E-state index in [4.69, 9.17) is 14.2 Å². The van der Waals surface area contributed by atoms with E-state index in [1.165, 1.54) is 5.56 Å². The van der Waals surface area contributed by atoms with Gasteiger partial charge in [0.1, 0.15) is 11.5 Å². The molecule has 144 valence electrons. The molecule has 0 saturated carbocycles. The van der Waals surface area contributed by atoms with Crippen LogP contribution >= 0.6 is 0 Å². The van der Waals surface area contributed by atoms with E-state index in [1.54, 1.807) is 19.2 Å². The fraction of sp³-hybridized carbons (Fsp3) is 0.381. The Morgan fingerprint density at radius 3 is 2.52 bits per heavy atom. The Morgan fingerprint density at radius 2 is 1.78 bits per heavy atom. The number of rotatable bonds is 8. The maximum absolute atomic E-state index is 12.0. The van der Waals surface area contributed by atoms with Crippen LogP contribution < -0.4 is 14.8 Å². The third-order valence-corrected chi connectivity index (χ3v) is 4.43. The smallest absolute Gasteiger partial charge is 0.258 e. The number of hydrogen-bond acceptors (Lipinski definition) is 5. The molecular formula is C21H26N2O4. The van der Waals surface area contributed by atoms with Crippen LogP contribution in [0.15, 0.2) is 48.5 Å². The summed E-state index contributed by atoms with van der Waals surface area (Å²) in [5.41, 5.74) is 2.34. The van der Waals surface area contributed by atoms with Gasteiger partial charge in [0, 0.05) is 32.2 Å². The number of benzene rings is 2. The fourth-order valence-electron chi connectivity index (χ4n) is 2.87. The van der Waals surface area contributed by atoms with Crippen molar-refractivity contribution in [3.8, 4) is 11.5 Å². The molecule has 1 saturated heterocycles. The third-order valence-electron chi connectivity index (χ3n) is 4.43. The van der Waals surface area contributed by atoms with Crippen molar-refractivity contribution in [3.05, 3.63) is 59.7 Å². The van der Waals surface area contributed by atoms with Gasteiger partial charge in [0.15, 0.2) is 6.61 Å². The minimum Gasteiger partial charge on any atom is -0.497 e. The monoisotopic (exact) mass is 370 g/mol. The molecule has 1 heterocycles. The summed E-state index contributed by atoms with van der Waals surface area (Å²) in [7, 11) is 1.60. The van der Waals surface area contributed by atoms with Crippen LogP contribution in [0.5, 0.6) is 11.5 Å². The highest BCUT2D eigenvalue weighted by Crippen LogP contribution is 2.18. The second kappa shape index (κ2) is 9.94. The fourth-order valence-corrected chi connectivity index (χ4v) is 2.87. The van der Waals surface area contributed by atoms with Crippen molar-refractivity contribution in [2.24, 2.45) is 0 Å². The molecule has 27 heavy (non-hydrogen) atoms. The van der Waals surface area contributed by atoms with E-state index in [1.807, 2.05) is 12.1 Å². The number of carbonyl (C=O) groups excluding carboxylic acids is 1. The van der Waals surface area contributed by atoms with Gasteiger partial charge in [-0.2, -0.15) is 0 Å². The first-order valence-electron chi connectivity index (χ1n) is 9.14. The van der Waals surface area contributed by atoms with Gasteiger partial charge in [0.25, 0.3) is 5.91 Å². The lowest BCUT2D eigenvalue weighted by atomic mass is 10.1. The maximum atomic E-state index is 12.0. The van der Waals surface area contributed by atoms with Crippen LogP contribution in [0, 0.1) is 0 Å². The van der Waals surface area contributed by atoms with E-state index in [9.17, 15) is 4.79 Å². The summed E-state index contributed by atoms with van der Waals surface area (Å²) in [5.74, 6) is 1.15. The van der Waals surface area contributed by atoms with E-state index in [2.05, 4.69) is 34.5 Å². The molecule has 0 radical (unpaired) electrons. The van der Waals surface area contributed by atoms with E-state index in [0.717, 1.165) is 38.4 Å². The summed E-state index contributed by atoms with van der Waals surface area (Å²) in [6.45, 7) is 4.96. The van der Waals surface area contributed by atoms with Gasteiger partial charge in [0.05, 0.1) is 20.3 Å². The molecule has 1 aliphatic rings. The number of nitrogens with zero attached hydrogens (tertiary/aromatic N) is 1. The average Bonchev–Trinajstić information content (AvgIpc) is 2.72. The summed E-state index contributed by atoms with van der Waals surface area (Å²) in [4.78, 5) is 14.4. The lowest BCUT2D eigenvalue weighted by molar-refractivity contribution is -0.123. The van der Waals surface area contributed by atoms with Crippen LogP contribution in [0.4, 0.5) is 0 Å². The van der Waals surface area contributed by atoms with Crippen LogP contribution in [0.25, 0.3) is 0 Å². The SMILES string of the molecule is COc1cccc(OCC(=O)NCc2ccc(CN3CCOCC3)cc2)c1. The van der Waals surface area contributed by atoms with Gasteiger partial charge in [-0.25, -0.2) is 0 Å². The summed E-state index contributed by atoms with van der Waals surface area (Å²) >= 11 is 0. The van der Waals surface area contributed by atoms with Crippen molar-refractivity contribution in [3.63, 3.8) is 0 Å². The van der Waals surface area contributed by atoms with Gasteiger partial charge < -0.3 is 19.5 Å². The highest BCUT2D eigenvalue weighted by molar-refractivity contribution is 5.77. The quantitative estimate of drug-likeness (QED) is 0.772. The Labute approximate surface area is 160 Å². The molecule has 0 aromatic heterocycles. The Hall–Kier alpha value is -2.57. The van der Waals surface area contributed by atoms with Gasteiger partial charge in [-0.05, 0) is 23.3 Å². The van der Waals surface area contributed by atoms with Crippen molar-refractivity contribution in [2.45, 2.75) is 13.1 Å². The average molecular weight is 370 g/mol. The topological polar surface area (TPSA) is 60.0 Å². The Balaban J connectivity index is 1.40. The molecule has 1 fully saturated rings. The minimum atomic E-state index is -0.157. The van der Waals surface area contributed by atoms with Crippen molar-refractivity contribution in [1.82, 2.24) is 10.2 Å². The molecule has 6 nitrogen and oxygen atoms in total. The van der Waals surface area contributed by atoms with Gasteiger partial charge in [0.2, 0.25) is 0 Å². The van der Waals surface area contributed by atoms with Crippen LogP contribution in [0.2, 0.25) is 0 Å². The molecule has 0 atom stereocenters. The number of amides is 1. The first-order chi connectivity index (χ1) is 13.2. The predicted octanol–water partition coefficient (Wildman–Crippen LogP) is 2.22. The molecule has 1 amide bonds. The minimum absolute atomic E-state index is 0.0255. The van der Waals surface area contributed by atoms with E-state index in [-0.39, 0.29) is 12.5 Å². The Morgan fingerprint density at radius 1 is 1.07 bits per heavy atom. The molecule has 6 heteroatoms. The summed E-state index contributed by atoms with van der Waals surface area (Å²) in [6, 6.07) is 15.5. The summed E-state index contributed by atoms with van der Waals surface area (Å²) in [6.07, 6.45) is 0. The first-order valence-corrected chi connectivity index (χ1v) is 9.14. The predicted molar refractivity (Wildman–Crippen MR) is 103 cm³/mol. The van der Waals surface area contributed by atoms with Crippen LogP contribution in [-0.2, 0) is 22.6 Å². The van der Waals surface area contributed by atoms with Crippen molar-refractivity contribution < 1.29 is 19.0 Å². The summed E-state index contributed by atoms with van der Waals surface area (Å²) < 4.78 is 16.0. The second-order valence-corrected chi connectivity index (χ2v) is 6.45. The van der Waals surface area contributed by atoms with Crippen molar-refractivity contribution in [1.29, 1.82) is 0 Å². The first kappa shape index (κ1) is 19.2. The zero-order valence-electron chi connectivity index (χ0n) is 15.6. The number of methoxy groups -OCH3 is 1. The van der Waals surface area contributed by atoms with Crippen LogP contribution in [0.3, 0.4) is 0 Å². The molecule has 1 aliphatic heterocycles. The van der Waals surface area contributed by atoms with E-state index in [0.29, 0.717) is 18.0 Å². The Kier molecular flexibility index (Phi) is 7.07. The van der Waals surface area contributed by atoms with Gasteiger partial charge in [-0.1, -0.05) is 30.3 Å². The molecule has 0 aliphatic carbocycles.